The van der Waals surface area contributed by atoms with Gasteiger partial charge in [-0.25, -0.2) is 9.97 Å². The second kappa shape index (κ2) is 5.17. The summed E-state index contributed by atoms with van der Waals surface area (Å²) in [6, 6.07) is 7.19. The van der Waals surface area contributed by atoms with Crippen LogP contribution in [0.3, 0.4) is 0 Å². The molecule has 0 aliphatic carbocycles. The van der Waals surface area contributed by atoms with Gasteiger partial charge in [0, 0.05) is 12.0 Å². The normalized spacial score (nSPS) is 11.6. The molecule has 2 nitrogen and oxygen atoms in total. The summed E-state index contributed by atoms with van der Waals surface area (Å²) in [7, 11) is 0. The van der Waals surface area contributed by atoms with Gasteiger partial charge < -0.3 is 0 Å². The summed E-state index contributed by atoms with van der Waals surface area (Å²) in [5, 5.41) is -0.162. The molecule has 6 heteroatoms. The van der Waals surface area contributed by atoms with E-state index in [2.05, 4.69) is 9.97 Å². The predicted octanol–water partition coefficient (Wildman–Crippen LogP) is 4.05. The number of hydrogen-bond donors (Lipinski definition) is 0. The van der Waals surface area contributed by atoms with Crippen LogP contribution in [0.15, 0.2) is 30.6 Å². The van der Waals surface area contributed by atoms with Gasteiger partial charge in [0.05, 0.1) is 0 Å². The molecule has 0 aliphatic rings. The van der Waals surface area contributed by atoms with E-state index < -0.39 is 11.9 Å². The number of nitrogens with zero attached hydrogens (tertiary/aromatic N) is 2. The molecule has 0 bridgehead atoms. The maximum absolute atomic E-state index is 12.9. The second-order valence-corrected chi connectivity index (χ2v) is 4.45. The van der Waals surface area contributed by atoms with E-state index in [1.165, 1.54) is 0 Å². The van der Waals surface area contributed by atoms with Gasteiger partial charge in [-0.3, -0.25) is 0 Å². The highest BCUT2D eigenvalue weighted by Crippen LogP contribution is 2.33. The Kier molecular flexibility index (Phi) is 3.75. The van der Waals surface area contributed by atoms with Crippen LogP contribution in [0.2, 0.25) is 5.15 Å². The summed E-state index contributed by atoms with van der Waals surface area (Å²) in [6.07, 6.45) is -3.65. The minimum atomic E-state index is -4.54. The zero-order valence-corrected chi connectivity index (χ0v) is 10.8. The fraction of sp³-hybridized carbons (Fsp3) is 0.231. The molecule has 1 aromatic heterocycles. The molecule has 0 fully saturated rings. The van der Waals surface area contributed by atoms with Crippen molar-refractivity contribution in [3.05, 3.63) is 58.1 Å². The molecule has 0 spiro atoms. The third-order valence-corrected chi connectivity index (χ3v) is 3.12. The molecule has 0 atom stereocenters. The zero-order chi connectivity index (χ0) is 14.0. The first-order valence-electron chi connectivity index (χ1n) is 5.50. The molecule has 0 aliphatic heterocycles. The van der Waals surface area contributed by atoms with Crippen molar-refractivity contribution in [2.75, 3.05) is 0 Å². The Morgan fingerprint density at radius 1 is 1.16 bits per heavy atom. The fourth-order valence-electron chi connectivity index (χ4n) is 1.79. The van der Waals surface area contributed by atoms with Gasteiger partial charge in [-0.2, -0.15) is 13.2 Å². The van der Waals surface area contributed by atoms with Crippen LogP contribution in [0, 0.1) is 6.92 Å². The SMILES string of the molecule is Cc1ccccc1Cc1c(Cl)ncnc1C(F)(F)F. The van der Waals surface area contributed by atoms with E-state index >= 15 is 0 Å². The van der Waals surface area contributed by atoms with Gasteiger partial charge in [-0.1, -0.05) is 35.9 Å². The molecule has 0 radical (unpaired) electrons. The van der Waals surface area contributed by atoms with Crippen LogP contribution in [-0.4, -0.2) is 9.97 Å². The smallest absolute Gasteiger partial charge is 0.231 e. The Hall–Kier alpha value is -1.62. The van der Waals surface area contributed by atoms with Gasteiger partial charge >= 0.3 is 6.18 Å². The maximum Gasteiger partial charge on any atom is 0.433 e. The number of halogens is 4. The molecule has 19 heavy (non-hydrogen) atoms. The average Bonchev–Trinajstić information content (AvgIpc) is 2.33. The monoisotopic (exact) mass is 286 g/mol. The van der Waals surface area contributed by atoms with Gasteiger partial charge in [0.25, 0.3) is 0 Å². The summed E-state index contributed by atoms with van der Waals surface area (Å²) in [5.74, 6) is 0. The summed E-state index contributed by atoms with van der Waals surface area (Å²) < 4.78 is 38.6. The van der Waals surface area contributed by atoms with Crippen molar-refractivity contribution >= 4 is 11.6 Å². The fourth-order valence-corrected chi connectivity index (χ4v) is 1.99. The highest BCUT2D eigenvalue weighted by Gasteiger charge is 2.36. The molecule has 2 aromatic rings. The molecule has 1 heterocycles. The number of hydrogen-bond acceptors (Lipinski definition) is 2. The van der Waals surface area contributed by atoms with E-state index in [9.17, 15) is 13.2 Å². The molecule has 100 valence electrons. The number of aromatic nitrogens is 2. The first kappa shape index (κ1) is 13.8. The lowest BCUT2D eigenvalue weighted by atomic mass is 10.0. The van der Waals surface area contributed by atoms with Gasteiger partial charge in [0.15, 0.2) is 5.69 Å². The quantitative estimate of drug-likeness (QED) is 0.779. The number of alkyl halides is 3. The van der Waals surface area contributed by atoms with Crippen molar-refractivity contribution in [1.82, 2.24) is 9.97 Å². The first-order valence-corrected chi connectivity index (χ1v) is 5.88. The van der Waals surface area contributed by atoms with E-state index in [0.29, 0.717) is 0 Å². The number of benzene rings is 1. The molecular weight excluding hydrogens is 277 g/mol. The van der Waals surface area contributed by atoms with E-state index in [4.69, 9.17) is 11.6 Å². The molecule has 1 aromatic carbocycles. The van der Waals surface area contributed by atoms with Crippen molar-refractivity contribution in [2.45, 2.75) is 19.5 Å². The molecule has 0 saturated heterocycles. The van der Waals surface area contributed by atoms with Crippen LogP contribution in [0.5, 0.6) is 0 Å². The Morgan fingerprint density at radius 2 is 1.84 bits per heavy atom. The summed E-state index contributed by atoms with van der Waals surface area (Å²) in [5.41, 5.74) is 0.599. The number of aryl methyl sites for hydroxylation is 1. The van der Waals surface area contributed by atoms with Crippen molar-refractivity contribution in [3.8, 4) is 0 Å². The predicted molar refractivity (Wildman–Crippen MR) is 66.0 cm³/mol. The lowest BCUT2D eigenvalue weighted by Crippen LogP contribution is -2.13. The van der Waals surface area contributed by atoms with Gasteiger partial charge in [0.1, 0.15) is 11.5 Å². The van der Waals surface area contributed by atoms with Crippen molar-refractivity contribution in [1.29, 1.82) is 0 Å². The Labute approximate surface area is 113 Å². The van der Waals surface area contributed by atoms with Crippen LogP contribution >= 0.6 is 11.6 Å². The van der Waals surface area contributed by atoms with Crippen molar-refractivity contribution < 1.29 is 13.2 Å². The van der Waals surface area contributed by atoms with Gasteiger partial charge in [-0.15, -0.1) is 0 Å². The minimum absolute atomic E-state index is 0.0567. The third-order valence-electron chi connectivity index (χ3n) is 2.79. The zero-order valence-electron chi connectivity index (χ0n) is 10.0. The van der Waals surface area contributed by atoms with E-state index in [1.807, 2.05) is 19.1 Å². The van der Waals surface area contributed by atoms with E-state index in [1.54, 1.807) is 12.1 Å². The summed E-state index contributed by atoms with van der Waals surface area (Å²) >= 11 is 5.79. The molecule has 0 amide bonds. The number of rotatable bonds is 2. The van der Waals surface area contributed by atoms with Crippen LogP contribution in [0.1, 0.15) is 22.4 Å². The Bertz CT molecular complexity index is 597. The van der Waals surface area contributed by atoms with E-state index in [0.717, 1.165) is 17.5 Å². The summed E-state index contributed by atoms with van der Waals surface area (Å²) in [6.45, 7) is 1.83. The van der Waals surface area contributed by atoms with Gasteiger partial charge in [-0.05, 0) is 18.1 Å². The van der Waals surface area contributed by atoms with Gasteiger partial charge in [0.2, 0.25) is 0 Å². The topological polar surface area (TPSA) is 25.8 Å². The second-order valence-electron chi connectivity index (χ2n) is 4.09. The molecular formula is C13H10ClF3N2. The third kappa shape index (κ3) is 3.04. The van der Waals surface area contributed by atoms with Crippen molar-refractivity contribution in [2.24, 2.45) is 0 Å². The minimum Gasteiger partial charge on any atom is -0.231 e. The maximum atomic E-state index is 12.9. The van der Waals surface area contributed by atoms with Crippen LogP contribution in [0.4, 0.5) is 13.2 Å². The van der Waals surface area contributed by atoms with Crippen LogP contribution < -0.4 is 0 Å². The average molecular weight is 287 g/mol. The van der Waals surface area contributed by atoms with Crippen molar-refractivity contribution in [3.63, 3.8) is 0 Å². The molecule has 2 rings (SSSR count). The van der Waals surface area contributed by atoms with Crippen LogP contribution in [0.25, 0.3) is 0 Å². The highest BCUT2D eigenvalue weighted by molar-refractivity contribution is 6.30. The largest absolute Gasteiger partial charge is 0.433 e. The Balaban J connectivity index is 2.48. The standard InChI is InChI=1S/C13H10ClF3N2/c1-8-4-2-3-5-9(8)6-10-11(13(15,16)17)18-7-19-12(10)14/h2-5,7H,6H2,1H3. The highest BCUT2D eigenvalue weighted by atomic mass is 35.5. The Morgan fingerprint density at radius 3 is 2.47 bits per heavy atom. The van der Waals surface area contributed by atoms with E-state index in [-0.39, 0.29) is 17.1 Å². The first-order chi connectivity index (χ1) is 8.89. The molecule has 0 unspecified atom stereocenters. The molecule has 0 N–H and O–H groups in total. The summed E-state index contributed by atoms with van der Waals surface area (Å²) in [4.78, 5) is 6.95. The van der Waals surface area contributed by atoms with Crippen LogP contribution in [-0.2, 0) is 12.6 Å². The molecule has 0 saturated carbocycles. The lowest BCUT2D eigenvalue weighted by Gasteiger charge is -2.13. The lowest BCUT2D eigenvalue weighted by molar-refractivity contribution is -0.141.